The lowest BCUT2D eigenvalue weighted by molar-refractivity contribution is -0.142. The van der Waals surface area contributed by atoms with Gasteiger partial charge in [0.25, 0.3) is 5.91 Å². The van der Waals surface area contributed by atoms with Crippen LogP contribution in [0.2, 0.25) is 0 Å². The van der Waals surface area contributed by atoms with Crippen LogP contribution < -0.4 is 5.32 Å². The van der Waals surface area contributed by atoms with Gasteiger partial charge in [0.2, 0.25) is 0 Å². The number of halogens is 3. The molecule has 0 heterocycles. The topological polar surface area (TPSA) is 55.4 Å². The van der Waals surface area contributed by atoms with E-state index in [-0.39, 0.29) is 5.69 Å². The highest BCUT2D eigenvalue weighted by atomic mass is 79.9. The zero-order valence-electron chi connectivity index (χ0n) is 12.3. The molecule has 0 unspecified atom stereocenters. The summed E-state index contributed by atoms with van der Waals surface area (Å²) < 4.78 is 32.0. The molecule has 0 aliphatic rings. The van der Waals surface area contributed by atoms with Crippen molar-refractivity contribution in [2.75, 3.05) is 11.9 Å². The van der Waals surface area contributed by atoms with E-state index in [0.29, 0.717) is 0 Å². The van der Waals surface area contributed by atoms with Gasteiger partial charge in [-0.15, -0.1) is 0 Å². The first kappa shape index (κ1) is 17.8. The third-order valence-electron chi connectivity index (χ3n) is 2.83. The van der Waals surface area contributed by atoms with Crippen molar-refractivity contribution >= 4 is 39.6 Å². The van der Waals surface area contributed by atoms with Crippen LogP contribution in [0, 0.1) is 11.6 Å². The third-order valence-corrected chi connectivity index (χ3v) is 3.36. The second kappa shape index (κ2) is 8.35. The van der Waals surface area contributed by atoms with Crippen LogP contribution in [0.15, 0.2) is 53.0 Å². The van der Waals surface area contributed by atoms with Crippen molar-refractivity contribution in [3.05, 3.63) is 70.2 Å². The van der Waals surface area contributed by atoms with Crippen molar-refractivity contribution in [2.24, 2.45) is 0 Å². The van der Waals surface area contributed by atoms with E-state index in [1.165, 1.54) is 12.2 Å². The smallest absolute Gasteiger partial charge is 0.331 e. The molecule has 0 aliphatic carbocycles. The van der Waals surface area contributed by atoms with Crippen LogP contribution in [0.5, 0.6) is 0 Å². The average Bonchev–Trinajstić information content (AvgIpc) is 2.56. The molecule has 1 amide bonds. The number of rotatable bonds is 5. The molecule has 2 rings (SSSR count). The first-order valence-corrected chi connectivity index (χ1v) is 7.58. The summed E-state index contributed by atoms with van der Waals surface area (Å²) >= 11 is 3.29. The number of esters is 1. The number of hydrogen-bond acceptors (Lipinski definition) is 3. The van der Waals surface area contributed by atoms with E-state index in [0.717, 1.165) is 28.2 Å². The van der Waals surface area contributed by atoms with Gasteiger partial charge >= 0.3 is 5.97 Å². The van der Waals surface area contributed by atoms with E-state index >= 15 is 0 Å². The van der Waals surface area contributed by atoms with Crippen LogP contribution in [-0.2, 0) is 14.3 Å². The Bertz CT molecular complexity index is 776. The molecule has 0 saturated heterocycles. The molecule has 0 saturated carbocycles. The molecule has 24 heavy (non-hydrogen) atoms. The Morgan fingerprint density at radius 2 is 1.83 bits per heavy atom. The van der Waals surface area contributed by atoms with Gasteiger partial charge in [0.1, 0.15) is 11.6 Å². The van der Waals surface area contributed by atoms with Crippen molar-refractivity contribution in [1.29, 1.82) is 0 Å². The number of anilines is 1. The van der Waals surface area contributed by atoms with Crippen LogP contribution in [0.1, 0.15) is 5.56 Å². The first-order chi connectivity index (χ1) is 11.4. The number of carbonyl (C=O) groups excluding carboxylic acids is 2. The number of hydrogen-bond donors (Lipinski definition) is 1. The summed E-state index contributed by atoms with van der Waals surface area (Å²) in [6, 6.07) is 9.84. The summed E-state index contributed by atoms with van der Waals surface area (Å²) in [5.41, 5.74) is 0.461. The summed E-state index contributed by atoms with van der Waals surface area (Å²) in [7, 11) is 0. The van der Waals surface area contributed by atoms with E-state index in [9.17, 15) is 18.4 Å². The van der Waals surface area contributed by atoms with Crippen LogP contribution in [-0.4, -0.2) is 18.5 Å². The number of carbonyl (C=O) groups is 2. The predicted molar refractivity (Wildman–Crippen MR) is 89.1 cm³/mol. The second-order valence-corrected chi connectivity index (χ2v) is 5.58. The Morgan fingerprint density at radius 3 is 2.54 bits per heavy atom. The minimum atomic E-state index is -0.786. The minimum absolute atomic E-state index is 0.318. The maximum absolute atomic E-state index is 13.4. The van der Waals surface area contributed by atoms with Gasteiger partial charge < -0.3 is 10.1 Å². The van der Waals surface area contributed by atoms with E-state index < -0.39 is 30.1 Å². The molecular weight excluding hydrogens is 384 g/mol. The Labute approximate surface area is 145 Å². The van der Waals surface area contributed by atoms with Gasteiger partial charge in [-0.1, -0.05) is 28.1 Å². The summed E-state index contributed by atoms with van der Waals surface area (Å²) in [6.07, 6.45) is 2.69. The van der Waals surface area contributed by atoms with Crippen molar-refractivity contribution in [1.82, 2.24) is 0 Å². The Balaban J connectivity index is 1.83. The second-order valence-electron chi connectivity index (χ2n) is 4.66. The molecule has 2 aromatic carbocycles. The molecule has 0 radical (unpaired) electrons. The van der Waals surface area contributed by atoms with Gasteiger partial charge in [0.05, 0.1) is 5.69 Å². The Hall–Kier alpha value is -2.54. The fourth-order valence-corrected chi connectivity index (χ4v) is 1.97. The highest BCUT2D eigenvalue weighted by Gasteiger charge is 2.10. The predicted octanol–water partition coefficient (Wildman–Crippen LogP) is 3.92. The zero-order valence-corrected chi connectivity index (χ0v) is 13.8. The van der Waals surface area contributed by atoms with Crippen molar-refractivity contribution in [3.8, 4) is 0 Å². The molecule has 0 atom stereocenters. The van der Waals surface area contributed by atoms with Crippen molar-refractivity contribution in [3.63, 3.8) is 0 Å². The van der Waals surface area contributed by atoms with Crippen molar-refractivity contribution in [2.45, 2.75) is 0 Å². The van der Waals surface area contributed by atoms with Crippen LogP contribution in [0.25, 0.3) is 6.08 Å². The van der Waals surface area contributed by atoms with E-state index in [1.807, 2.05) is 12.1 Å². The maximum Gasteiger partial charge on any atom is 0.331 e. The summed E-state index contributed by atoms with van der Waals surface area (Å²) in [5, 5.41) is 2.13. The highest BCUT2D eigenvalue weighted by molar-refractivity contribution is 9.10. The average molecular weight is 396 g/mol. The molecule has 0 spiro atoms. The fourth-order valence-electron chi connectivity index (χ4n) is 1.70. The van der Waals surface area contributed by atoms with Gasteiger partial charge in [-0.2, -0.15) is 0 Å². The molecule has 1 N–H and O–H groups in total. The molecule has 0 fully saturated rings. The number of benzene rings is 2. The first-order valence-electron chi connectivity index (χ1n) is 6.79. The molecule has 2 aromatic rings. The van der Waals surface area contributed by atoms with Gasteiger partial charge in [-0.25, -0.2) is 13.6 Å². The summed E-state index contributed by atoms with van der Waals surface area (Å²) in [4.78, 5) is 23.1. The lowest BCUT2D eigenvalue weighted by atomic mass is 10.2. The minimum Gasteiger partial charge on any atom is -0.452 e. The normalized spacial score (nSPS) is 10.6. The van der Waals surface area contributed by atoms with Crippen LogP contribution in [0.3, 0.4) is 0 Å². The zero-order chi connectivity index (χ0) is 17.5. The van der Waals surface area contributed by atoms with Crippen molar-refractivity contribution < 1.29 is 23.1 Å². The molecule has 124 valence electrons. The number of nitrogens with one attached hydrogen (secondary N) is 1. The molecule has 0 aromatic heterocycles. The van der Waals surface area contributed by atoms with Gasteiger partial charge in [-0.05, 0) is 35.9 Å². The number of ether oxygens (including phenoxy) is 1. The number of amides is 1. The Morgan fingerprint density at radius 1 is 1.12 bits per heavy atom. The molecule has 4 nitrogen and oxygen atoms in total. The van der Waals surface area contributed by atoms with E-state index in [1.54, 1.807) is 12.1 Å². The molecule has 0 aliphatic heterocycles. The largest absolute Gasteiger partial charge is 0.452 e. The quantitative estimate of drug-likeness (QED) is 0.616. The third kappa shape index (κ3) is 5.58. The van der Waals surface area contributed by atoms with Gasteiger partial charge in [-0.3, -0.25) is 4.79 Å². The van der Waals surface area contributed by atoms with E-state index in [4.69, 9.17) is 4.74 Å². The fraction of sp³-hybridized carbons (Fsp3) is 0.0588. The monoisotopic (exact) mass is 395 g/mol. The molecule has 7 heteroatoms. The maximum atomic E-state index is 13.4. The SMILES string of the molecule is O=C(COC(=O)/C=C/c1ccc(Br)cc1)Nc1cc(F)ccc1F. The lowest BCUT2D eigenvalue weighted by Crippen LogP contribution is -2.20. The lowest BCUT2D eigenvalue weighted by Gasteiger charge is -2.06. The van der Waals surface area contributed by atoms with Crippen LogP contribution in [0.4, 0.5) is 14.5 Å². The van der Waals surface area contributed by atoms with Crippen LogP contribution >= 0.6 is 15.9 Å². The molecular formula is C17H12BrF2NO3. The van der Waals surface area contributed by atoms with Gasteiger partial charge in [0.15, 0.2) is 6.61 Å². The standard InChI is InChI=1S/C17H12BrF2NO3/c18-12-4-1-11(2-5-12)3-8-17(23)24-10-16(22)21-15-9-13(19)6-7-14(15)20/h1-9H,10H2,(H,21,22)/b8-3+. The van der Waals surface area contributed by atoms with E-state index in [2.05, 4.69) is 21.2 Å². The van der Waals surface area contributed by atoms with Gasteiger partial charge in [0, 0.05) is 16.6 Å². The highest BCUT2D eigenvalue weighted by Crippen LogP contribution is 2.15. The summed E-state index contributed by atoms with van der Waals surface area (Å²) in [6.45, 7) is -0.612. The summed E-state index contributed by atoms with van der Waals surface area (Å²) in [5.74, 6) is -2.98. The molecule has 0 bridgehead atoms. The Kier molecular flexibility index (Phi) is 6.20.